The maximum Gasteiger partial charge on any atom is 0.361 e. The third-order valence-electron chi connectivity index (χ3n) is 1.96. The van der Waals surface area contributed by atoms with E-state index in [0.717, 1.165) is 5.56 Å². The molecule has 0 bridgehead atoms. The van der Waals surface area contributed by atoms with Gasteiger partial charge in [-0.25, -0.2) is 4.79 Å². The van der Waals surface area contributed by atoms with Gasteiger partial charge >= 0.3 is 5.63 Å². The number of aromatic amines is 1. The van der Waals surface area contributed by atoms with Crippen molar-refractivity contribution >= 4 is 34.8 Å². The Bertz CT molecular complexity index is 653. The molecule has 0 unspecified atom stereocenters. The van der Waals surface area contributed by atoms with Gasteiger partial charge < -0.3 is 9.40 Å². The molecule has 0 aliphatic heterocycles. The number of rotatable bonds is 1. The smallest absolute Gasteiger partial charge is 0.361 e. The summed E-state index contributed by atoms with van der Waals surface area (Å²) in [5.74, 6) is 0. The molecule has 2 aromatic rings. The molecular weight excluding hydrogens is 249 g/mol. The summed E-state index contributed by atoms with van der Waals surface area (Å²) in [6.45, 7) is 0. The minimum atomic E-state index is -0.457. The molecule has 0 saturated carbocycles. The molecule has 0 fully saturated rings. The maximum absolute atomic E-state index is 11.3. The number of hydrogen-bond donors (Lipinski definition) is 1. The van der Waals surface area contributed by atoms with E-state index < -0.39 is 5.63 Å². The molecular formula is C11H7Cl2NO2. The second-order valence-electron chi connectivity index (χ2n) is 3.10. The number of H-pyrrole nitrogens is 1. The maximum atomic E-state index is 11.3. The van der Waals surface area contributed by atoms with Crippen LogP contribution in [0, 0.1) is 0 Å². The number of aromatic nitrogens is 1. The van der Waals surface area contributed by atoms with Crippen LogP contribution in [-0.4, -0.2) is 4.98 Å². The number of halogens is 2. The Balaban J connectivity index is 2.55. The molecule has 0 atom stereocenters. The molecule has 1 heterocycles. The standard InChI is InChI=1S/C11H7Cl2NO2/c12-6-10-14-9(11(15)16-10)5-7-1-3-8(13)4-2-7/h1-6,14H/b9-5-,10-6-. The van der Waals surface area contributed by atoms with Crippen LogP contribution < -0.4 is 16.5 Å². The summed E-state index contributed by atoms with van der Waals surface area (Å²) in [5.41, 5.74) is 1.79. The molecule has 16 heavy (non-hydrogen) atoms. The predicted molar refractivity (Wildman–Crippen MR) is 63.9 cm³/mol. The molecule has 1 aromatic carbocycles. The van der Waals surface area contributed by atoms with Gasteiger partial charge in [-0.15, -0.1) is 0 Å². The average molecular weight is 256 g/mol. The van der Waals surface area contributed by atoms with E-state index in [-0.39, 0.29) is 5.55 Å². The molecule has 0 spiro atoms. The fraction of sp³-hybridized carbons (Fsp3) is 0. The number of nitrogens with one attached hydrogen (secondary N) is 1. The molecule has 0 aliphatic rings. The van der Waals surface area contributed by atoms with Crippen LogP contribution in [-0.2, 0) is 0 Å². The lowest BCUT2D eigenvalue weighted by Gasteiger charge is -1.91. The molecule has 2 rings (SSSR count). The predicted octanol–water partition coefficient (Wildman–Crippen LogP) is 1.43. The fourth-order valence-corrected chi connectivity index (χ4v) is 1.46. The third kappa shape index (κ3) is 2.38. The van der Waals surface area contributed by atoms with Crippen LogP contribution in [0.2, 0.25) is 5.02 Å². The lowest BCUT2D eigenvalue weighted by molar-refractivity contribution is 0.487. The average Bonchev–Trinajstić information content (AvgIpc) is 2.63. The summed E-state index contributed by atoms with van der Waals surface area (Å²) < 4.78 is 4.80. The summed E-state index contributed by atoms with van der Waals surface area (Å²) >= 11 is 11.2. The largest absolute Gasteiger partial charge is 0.404 e. The molecule has 5 heteroatoms. The van der Waals surface area contributed by atoms with Gasteiger partial charge in [-0.05, 0) is 23.8 Å². The first kappa shape index (κ1) is 11.0. The summed E-state index contributed by atoms with van der Waals surface area (Å²) in [6, 6.07) is 7.08. The SMILES string of the molecule is O=c1o/c(=C\Cl)[nH]/c1=C\c1ccc(Cl)cc1. The summed E-state index contributed by atoms with van der Waals surface area (Å²) in [4.78, 5) is 14.1. The molecule has 82 valence electrons. The summed E-state index contributed by atoms with van der Waals surface area (Å²) in [7, 11) is 0. The van der Waals surface area contributed by atoms with Gasteiger partial charge in [-0.3, -0.25) is 0 Å². The zero-order valence-corrected chi connectivity index (χ0v) is 9.55. The minimum Gasteiger partial charge on any atom is -0.404 e. The van der Waals surface area contributed by atoms with Gasteiger partial charge in [-0.2, -0.15) is 0 Å². The zero-order chi connectivity index (χ0) is 11.5. The fourth-order valence-electron chi connectivity index (χ4n) is 1.23. The van der Waals surface area contributed by atoms with Gasteiger partial charge in [-0.1, -0.05) is 35.3 Å². The Morgan fingerprint density at radius 2 is 1.94 bits per heavy atom. The van der Waals surface area contributed by atoms with Gasteiger partial charge in [0.15, 0.2) is 0 Å². The Morgan fingerprint density at radius 3 is 2.50 bits per heavy atom. The molecule has 0 saturated heterocycles. The highest BCUT2D eigenvalue weighted by atomic mass is 35.5. The van der Waals surface area contributed by atoms with Gasteiger partial charge in [0.1, 0.15) is 5.35 Å². The van der Waals surface area contributed by atoms with Crippen molar-refractivity contribution in [2.45, 2.75) is 0 Å². The van der Waals surface area contributed by atoms with Crippen molar-refractivity contribution in [3.8, 4) is 0 Å². The van der Waals surface area contributed by atoms with Crippen LogP contribution in [0.5, 0.6) is 0 Å². The lowest BCUT2D eigenvalue weighted by Crippen LogP contribution is -2.21. The monoisotopic (exact) mass is 255 g/mol. The topological polar surface area (TPSA) is 46.0 Å². The number of benzene rings is 1. The van der Waals surface area contributed by atoms with E-state index in [0.29, 0.717) is 10.4 Å². The molecule has 3 nitrogen and oxygen atoms in total. The van der Waals surface area contributed by atoms with E-state index >= 15 is 0 Å². The van der Waals surface area contributed by atoms with Crippen molar-refractivity contribution < 1.29 is 4.42 Å². The Labute approximate surface area is 101 Å². The molecule has 1 N–H and O–H groups in total. The van der Waals surface area contributed by atoms with Gasteiger partial charge in [0, 0.05) is 5.02 Å². The van der Waals surface area contributed by atoms with Crippen molar-refractivity contribution in [2.75, 3.05) is 0 Å². The van der Waals surface area contributed by atoms with Crippen molar-refractivity contribution in [3.63, 3.8) is 0 Å². The first-order chi connectivity index (χ1) is 7.69. The van der Waals surface area contributed by atoms with E-state index in [4.69, 9.17) is 27.6 Å². The summed E-state index contributed by atoms with van der Waals surface area (Å²) in [5, 5.41) is 0.986. The van der Waals surface area contributed by atoms with E-state index in [9.17, 15) is 4.79 Å². The first-order valence-electron chi connectivity index (χ1n) is 4.46. The Kier molecular flexibility index (Phi) is 3.17. The Hall–Kier alpha value is -1.45. The summed E-state index contributed by atoms with van der Waals surface area (Å²) in [6.07, 6.45) is 1.66. The van der Waals surface area contributed by atoms with Crippen LogP contribution in [0.3, 0.4) is 0 Å². The van der Waals surface area contributed by atoms with Crippen LogP contribution in [0.15, 0.2) is 33.5 Å². The quantitative estimate of drug-likeness (QED) is 0.838. The molecule has 1 aromatic heterocycles. The second kappa shape index (κ2) is 4.60. The lowest BCUT2D eigenvalue weighted by atomic mass is 10.2. The van der Waals surface area contributed by atoms with Crippen molar-refractivity contribution in [3.05, 3.63) is 56.2 Å². The molecule has 0 amide bonds. The van der Waals surface area contributed by atoms with E-state index in [1.165, 1.54) is 5.54 Å². The highest BCUT2D eigenvalue weighted by molar-refractivity contribution is 6.38. The highest BCUT2D eigenvalue weighted by Crippen LogP contribution is 2.09. The van der Waals surface area contributed by atoms with E-state index in [2.05, 4.69) is 4.98 Å². The Morgan fingerprint density at radius 1 is 1.25 bits per heavy atom. The van der Waals surface area contributed by atoms with E-state index in [1.807, 2.05) is 0 Å². The van der Waals surface area contributed by atoms with Gasteiger partial charge in [0.2, 0.25) is 5.55 Å². The van der Waals surface area contributed by atoms with Gasteiger partial charge in [0.05, 0.1) is 5.54 Å². The van der Waals surface area contributed by atoms with Crippen molar-refractivity contribution in [1.82, 2.24) is 4.98 Å². The number of hydrogen-bond acceptors (Lipinski definition) is 2. The first-order valence-corrected chi connectivity index (χ1v) is 5.27. The van der Waals surface area contributed by atoms with E-state index in [1.54, 1.807) is 30.3 Å². The third-order valence-corrected chi connectivity index (χ3v) is 2.41. The van der Waals surface area contributed by atoms with Crippen LogP contribution in [0.25, 0.3) is 11.6 Å². The van der Waals surface area contributed by atoms with Gasteiger partial charge in [0.25, 0.3) is 0 Å². The van der Waals surface area contributed by atoms with Crippen molar-refractivity contribution in [2.24, 2.45) is 0 Å². The van der Waals surface area contributed by atoms with Crippen LogP contribution in [0.1, 0.15) is 5.56 Å². The highest BCUT2D eigenvalue weighted by Gasteiger charge is 1.95. The second-order valence-corrected chi connectivity index (χ2v) is 3.75. The van der Waals surface area contributed by atoms with Crippen LogP contribution in [0.4, 0.5) is 0 Å². The molecule has 0 radical (unpaired) electrons. The number of oxazole rings is 1. The molecule has 0 aliphatic carbocycles. The minimum absolute atomic E-state index is 0.229. The zero-order valence-electron chi connectivity index (χ0n) is 8.04. The van der Waals surface area contributed by atoms with Crippen molar-refractivity contribution in [1.29, 1.82) is 0 Å². The van der Waals surface area contributed by atoms with Crippen LogP contribution >= 0.6 is 23.2 Å². The normalized spacial score (nSPS) is 13.4.